The molecule has 6 nitrogen and oxygen atoms in total. The maximum Gasteiger partial charge on any atom is 0.239 e. The van der Waals surface area contributed by atoms with E-state index < -0.39 is 0 Å². The zero-order chi connectivity index (χ0) is 18.1. The number of hydrogen-bond donors (Lipinski definition) is 1. The zero-order valence-electron chi connectivity index (χ0n) is 14.6. The van der Waals surface area contributed by atoms with Gasteiger partial charge in [-0.15, -0.1) is 0 Å². The van der Waals surface area contributed by atoms with Gasteiger partial charge in [-0.1, -0.05) is 18.2 Å². The Labute approximate surface area is 147 Å². The summed E-state index contributed by atoms with van der Waals surface area (Å²) < 4.78 is 5.13. The van der Waals surface area contributed by atoms with Gasteiger partial charge in [0.25, 0.3) is 0 Å². The second-order valence-electron chi connectivity index (χ2n) is 5.64. The monoisotopic (exact) mass is 341 g/mol. The maximum atomic E-state index is 12.1. The highest BCUT2D eigenvalue weighted by molar-refractivity contribution is 5.83. The van der Waals surface area contributed by atoms with Crippen LogP contribution in [0.3, 0.4) is 0 Å². The molecule has 0 fully saturated rings. The molecule has 1 N–H and O–H groups in total. The number of aromatic nitrogens is 1. The molecule has 6 heteroatoms. The van der Waals surface area contributed by atoms with E-state index in [0.717, 1.165) is 17.0 Å². The lowest BCUT2D eigenvalue weighted by Gasteiger charge is -2.20. The van der Waals surface area contributed by atoms with Crippen molar-refractivity contribution in [2.24, 2.45) is 0 Å². The Kier molecular flexibility index (Phi) is 6.95. The van der Waals surface area contributed by atoms with Crippen molar-refractivity contribution in [2.75, 3.05) is 20.2 Å². The SMILES string of the molecule is COc1ccc(CCN(CC(=O)NCc2ccccn2)C(C)=O)cc1. The molecule has 0 aliphatic heterocycles. The first-order chi connectivity index (χ1) is 12.1. The minimum absolute atomic E-state index is 0.0400. The number of nitrogens with one attached hydrogen (secondary N) is 1. The topological polar surface area (TPSA) is 71.5 Å². The van der Waals surface area contributed by atoms with Crippen LogP contribution in [0.1, 0.15) is 18.2 Å². The van der Waals surface area contributed by atoms with Crippen LogP contribution in [0.4, 0.5) is 0 Å². The Hall–Kier alpha value is -2.89. The predicted octanol–water partition coefficient (Wildman–Crippen LogP) is 1.80. The summed E-state index contributed by atoms with van der Waals surface area (Å²) >= 11 is 0. The van der Waals surface area contributed by atoms with E-state index >= 15 is 0 Å². The van der Waals surface area contributed by atoms with Gasteiger partial charge in [-0.25, -0.2) is 0 Å². The van der Waals surface area contributed by atoms with Gasteiger partial charge >= 0.3 is 0 Å². The van der Waals surface area contributed by atoms with Gasteiger partial charge in [-0.3, -0.25) is 14.6 Å². The molecule has 132 valence electrons. The largest absolute Gasteiger partial charge is 0.497 e. The van der Waals surface area contributed by atoms with Crippen molar-refractivity contribution in [3.8, 4) is 5.75 Å². The van der Waals surface area contributed by atoms with Crippen LogP contribution in [-0.2, 0) is 22.6 Å². The van der Waals surface area contributed by atoms with Crippen LogP contribution in [0.5, 0.6) is 5.75 Å². The summed E-state index contributed by atoms with van der Waals surface area (Å²) in [5.74, 6) is 0.471. The third-order valence-corrected chi connectivity index (χ3v) is 3.80. The molecule has 2 amide bonds. The van der Waals surface area contributed by atoms with Crippen LogP contribution in [0.2, 0.25) is 0 Å². The van der Waals surface area contributed by atoms with E-state index in [2.05, 4.69) is 10.3 Å². The van der Waals surface area contributed by atoms with Gasteiger partial charge in [-0.2, -0.15) is 0 Å². The molecule has 25 heavy (non-hydrogen) atoms. The van der Waals surface area contributed by atoms with Crippen LogP contribution in [0.25, 0.3) is 0 Å². The van der Waals surface area contributed by atoms with Crippen LogP contribution in [-0.4, -0.2) is 41.9 Å². The molecule has 0 radical (unpaired) electrons. The van der Waals surface area contributed by atoms with Crippen LogP contribution >= 0.6 is 0 Å². The first kappa shape index (κ1) is 18.4. The van der Waals surface area contributed by atoms with E-state index in [1.807, 2.05) is 42.5 Å². The number of carbonyl (C=O) groups is 2. The quantitative estimate of drug-likeness (QED) is 0.795. The first-order valence-electron chi connectivity index (χ1n) is 8.13. The molecular formula is C19H23N3O3. The molecule has 0 aliphatic rings. The summed E-state index contributed by atoms with van der Waals surface area (Å²) in [6.07, 6.45) is 2.36. The Bertz CT molecular complexity index is 687. The third-order valence-electron chi connectivity index (χ3n) is 3.80. The number of rotatable bonds is 8. The average Bonchev–Trinajstić information content (AvgIpc) is 2.64. The minimum atomic E-state index is -0.199. The first-order valence-corrected chi connectivity index (χ1v) is 8.13. The number of benzene rings is 1. The molecule has 0 saturated carbocycles. The molecule has 0 aliphatic carbocycles. The van der Waals surface area contributed by atoms with Crippen molar-refractivity contribution in [1.82, 2.24) is 15.2 Å². The number of nitrogens with zero attached hydrogens (tertiary/aromatic N) is 2. The minimum Gasteiger partial charge on any atom is -0.497 e. The molecule has 1 aromatic carbocycles. The van der Waals surface area contributed by atoms with Gasteiger partial charge in [0.1, 0.15) is 5.75 Å². The van der Waals surface area contributed by atoms with Crippen LogP contribution in [0.15, 0.2) is 48.7 Å². The average molecular weight is 341 g/mol. The van der Waals surface area contributed by atoms with E-state index in [4.69, 9.17) is 4.74 Å². The third kappa shape index (κ3) is 6.25. The Morgan fingerprint density at radius 2 is 1.92 bits per heavy atom. The molecule has 1 heterocycles. The van der Waals surface area contributed by atoms with E-state index in [0.29, 0.717) is 19.5 Å². The van der Waals surface area contributed by atoms with Gasteiger partial charge in [0.2, 0.25) is 11.8 Å². The van der Waals surface area contributed by atoms with E-state index in [-0.39, 0.29) is 18.4 Å². The molecule has 2 aromatic rings. The highest BCUT2D eigenvalue weighted by Gasteiger charge is 2.13. The normalized spacial score (nSPS) is 10.2. The number of ether oxygens (including phenoxy) is 1. The van der Waals surface area contributed by atoms with Gasteiger partial charge in [0.05, 0.1) is 25.9 Å². The lowest BCUT2D eigenvalue weighted by Crippen LogP contribution is -2.40. The standard InChI is InChI=1S/C19H23N3O3/c1-15(23)22(12-10-16-6-8-18(25-2)9-7-16)14-19(24)21-13-17-5-3-4-11-20-17/h3-9,11H,10,12-14H2,1-2H3,(H,21,24). The Morgan fingerprint density at radius 1 is 1.16 bits per heavy atom. The Morgan fingerprint density at radius 3 is 2.52 bits per heavy atom. The summed E-state index contributed by atoms with van der Waals surface area (Å²) in [6, 6.07) is 13.2. The Balaban J connectivity index is 1.82. The van der Waals surface area contributed by atoms with Crippen LogP contribution < -0.4 is 10.1 Å². The summed E-state index contributed by atoms with van der Waals surface area (Å²) in [5, 5.41) is 2.79. The van der Waals surface area contributed by atoms with E-state index in [1.54, 1.807) is 13.3 Å². The van der Waals surface area contributed by atoms with Crippen molar-refractivity contribution in [3.63, 3.8) is 0 Å². The molecule has 0 atom stereocenters. The zero-order valence-corrected chi connectivity index (χ0v) is 14.6. The van der Waals surface area contributed by atoms with Crippen molar-refractivity contribution < 1.29 is 14.3 Å². The van der Waals surface area contributed by atoms with Crippen molar-refractivity contribution >= 4 is 11.8 Å². The van der Waals surface area contributed by atoms with Gasteiger partial charge in [0, 0.05) is 19.7 Å². The fourth-order valence-electron chi connectivity index (χ4n) is 2.33. The molecule has 1 aromatic heterocycles. The number of methoxy groups -OCH3 is 1. The van der Waals surface area contributed by atoms with E-state index in [9.17, 15) is 9.59 Å². The molecule has 0 saturated heterocycles. The highest BCUT2D eigenvalue weighted by Crippen LogP contribution is 2.12. The molecule has 2 rings (SSSR count). The van der Waals surface area contributed by atoms with Crippen molar-refractivity contribution in [3.05, 3.63) is 59.9 Å². The van der Waals surface area contributed by atoms with Gasteiger partial charge in [0.15, 0.2) is 0 Å². The summed E-state index contributed by atoms with van der Waals surface area (Å²) in [7, 11) is 1.62. The lowest BCUT2D eigenvalue weighted by atomic mass is 10.1. The molecule has 0 bridgehead atoms. The van der Waals surface area contributed by atoms with E-state index in [1.165, 1.54) is 11.8 Å². The lowest BCUT2D eigenvalue weighted by molar-refractivity contribution is -0.134. The molecule has 0 spiro atoms. The fourth-order valence-corrected chi connectivity index (χ4v) is 2.33. The highest BCUT2D eigenvalue weighted by atomic mass is 16.5. The van der Waals surface area contributed by atoms with Crippen molar-refractivity contribution in [1.29, 1.82) is 0 Å². The van der Waals surface area contributed by atoms with Crippen LogP contribution in [0, 0.1) is 0 Å². The fraction of sp³-hybridized carbons (Fsp3) is 0.316. The summed E-state index contributed by atoms with van der Waals surface area (Å²) in [4.78, 5) is 29.6. The second kappa shape index (κ2) is 9.42. The maximum absolute atomic E-state index is 12.1. The van der Waals surface area contributed by atoms with Gasteiger partial charge < -0.3 is 15.0 Å². The number of hydrogen-bond acceptors (Lipinski definition) is 4. The smallest absolute Gasteiger partial charge is 0.239 e. The van der Waals surface area contributed by atoms with Crippen molar-refractivity contribution in [2.45, 2.75) is 19.9 Å². The molecule has 0 unspecified atom stereocenters. The predicted molar refractivity (Wildman–Crippen MR) is 95.0 cm³/mol. The summed E-state index contributed by atoms with van der Waals surface area (Å²) in [6.45, 7) is 2.35. The second-order valence-corrected chi connectivity index (χ2v) is 5.64. The number of amides is 2. The van der Waals surface area contributed by atoms with Gasteiger partial charge in [-0.05, 0) is 36.2 Å². The number of pyridine rings is 1. The molecular weight excluding hydrogens is 318 g/mol. The summed E-state index contributed by atoms with van der Waals surface area (Å²) in [5.41, 5.74) is 1.87. The number of carbonyl (C=O) groups excluding carboxylic acids is 2.